The number of benzene rings is 1. The summed E-state index contributed by atoms with van der Waals surface area (Å²) in [5, 5.41) is 4.71. The van der Waals surface area contributed by atoms with Gasteiger partial charge in [-0.25, -0.2) is 9.97 Å². The van der Waals surface area contributed by atoms with Gasteiger partial charge in [0.1, 0.15) is 17.0 Å². The van der Waals surface area contributed by atoms with Gasteiger partial charge in [-0.05, 0) is 55.9 Å². The molecule has 1 aliphatic rings. The normalized spacial score (nSPS) is 14.1. The Bertz CT molecular complexity index is 807. The SMILES string of the molecule is Cc1cccc(Nc2ncnc3sc4c(c23)CCCC4)c1. The Morgan fingerprint density at radius 2 is 2.05 bits per heavy atom. The quantitative estimate of drug-likeness (QED) is 0.749. The van der Waals surface area contributed by atoms with E-state index in [-0.39, 0.29) is 0 Å². The van der Waals surface area contributed by atoms with Crippen LogP contribution in [0.3, 0.4) is 0 Å². The summed E-state index contributed by atoms with van der Waals surface area (Å²) in [6, 6.07) is 8.40. The van der Waals surface area contributed by atoms with Crippen molar-refractivity contribution in [1.82, 2.24) is 9.97 Å². The predicted molar refractivity (Wildman–Crippen MR) is 88.5 cm³/mol. The van der Waals surface area contributed by atoms with Gasteiger partial charge in [-0.3, -0.25) is 0 Å². The molecule has 0 bridgehead atoms. The highest BCUT2D eigenvalue weighted by molar-refractivity contribution is 7.19. The third kappa shape index (κ3) is 2.29. The molecule has 0 saturated carbocycles. The zero-order chi connectivity index (χ0) is 14.2. The molecule has 106 valence electrons. The topological polar surface area (TPSA) is 37.8 Å². The number of rotatable bonds is 2. The van der Waals surface area contributed by atoms with Crippen LogP contribution < -0.4 is 5.32 Å². The molecule has 4 rings (SSSR count). The van der Waals surface area contributed by atoms with Crippen molar-refractivity contribution < 1.29 is 0 Å². The minimum absolute atomic E-state index is 0.949. The van der Waals surface area contributed by atoms with Gasteiger partial charge in [-0.1, -0.05) is 12.1 Å². The second-order valence-electron chi connectivity index (χ2n) is 5.61. The molecule has 0 saturated heterocycles. The van der Waals surface area contributed by atoms with E-state index < -0.39 is 0 Å². The Kier molecular flexibility index (Phi) is 3.11. The highest BCUT2D eigenvalue weighted by Crippen LogP contribution is 2.38. The van der Waals surface area contributed by atoms with Crippen molar-refractivity contribution in [2.24, 2.45) is 0 Å². The lowest BCUT2D eigenvalue weighted by Crippen LogP contribution is -2.01. The van der Waals surface area contributed by atoms with Crippen LogP contribution in [0, 0.1) is 6.92 Å². The Labute approximate surface area is 128 Å². The third-order valence-corrected chi connectivity index (χ3v) is 5.23. The van der Waals surface area contributed by atoms with E-state index >= 15 is 0 Å². The van der Waals surface area contributed by atoms with Gasteiger partial charge in [0.2, 0.25) is 0 Å². The van der Waals surface area contributed by atoms with Gasteiger partial charge >= 0.3 is 0 Å². The largest absolute Gasteiger partial charge is 0.340 e. The van der Waals surface area contributed by atoms with Crippen LogP contribution in [-0.4, -0.2) is 9.97 Å². The Morgan fingerprint density at radius 1 is 1.14 bits per heavy atom. The zero-order valence-corrected chi connectivity index (χ0v) is 12.8. The predicted octanol–water partition coefficient (Wildman–Crippen LogP) is 4.62. The fourth-order valence-electron chi connectivity index (χ4n) is 3.04. The maximum atomic E-state index is 4.50. The first-order valence-corrected chi connectivity index (χ1v) is 8.22. The molecule has 0 amide bonds. The zero-order valence-electron chi connectivity index (χ0n) is 12.0. The van der Waals surface area contributed by atoms with Crippen LogP contribution in [0.2, 0.25) is 0 Å². The van der Waals surface area contributed by atoms with Crippen LogP contribution in [-0.2, 0) is 12.8 Å². The average Bonchev–Trinajstić information content (AvgIpc) is 2.87. The fourth-order valence-corrected chi connectivity index (χ4v) is 4.27. The summed E-state index contributed by atoms with van der Waals surface area (Å²) in [4.78, 5) is 11.6. The summed E-state index contributed by atoms with van der Waals surface area (Å²) in [7, 11) is 0. The number of nitrogens with one attached hydrogen (secondary N) is 1. The molecule has 0 aliphatic heterocycles. The molecule has 1 aromatic carbocycles. The van der Waals surface area contributed by atoms with Crippen molar-refractivity contribution in [2.75, 3.05) is 5.32 Å². The molecule has 0 atom stereocenters. The van der Waals surface area contributed by atoms with Crippen LogP contribution >= 0.6 is 11.3 Å². The van der Waals surface area contributed by atoms with Crippen molar-refractivity contribution in [2.45, 2.75) is 32.6 Å². The molecule has 4 heteroatoms. The highest BCUT2D eigenvalue weighted by Gasteiger charge is 2.19. The molecule has 0 radical (unpaired) electrons. The number of hydrogen-bond donors (Lipinski definition) is 1. The van der Waals surface area contributed by atoms with E-state index in [9.17, 15) is 0 Å². The van der Waals surface area contributed by atoms with Gasteiger partial charge in [-0.2, -0.15) is 0 Å². The van der Waals surface area contributed by atoms with E-state index in [1.54, 1.807) is 6.33 Å². The maximum absolute atomic E-state index is 4.50. The van der Waals surface area contributed by atoms with E-state index in [1.807, 2.05) is 11.3 Å². The average molecular weight is 295 g/mol. The number of thiophene rings is 1. The molecule has 0 unspecified atom stereocenters. The summed E-state index contributed by atoms with van der Waals surface area (Å²) in [5.41, 5.74) is 3.81. The van der Waals surface area contributed by atoms with Gasteiger partial charge < -0.3 is 5.32 Å². The summed E-state index contributed by atoms with van der Waals surface area (Å²) in [6.45, 7) is 2.10. The van der Waals surface area contributed by atoms with Crippen LogP contribution in [0.1, 0.15) is 28.8 Å². The number of anilines is 2. The minimum Gasteiger partial charge on any atom is -0.340 e. The van der Waals surface area contributed by atoms with Gasteiger partial charge in [-0.15, -0.1) is 11.3 Å². The molecule has 0 fully saturated rings. The summed E-state index contributed by atoms with van der Waals surface area (Å²) >= 11 is 1.84. The van der Waals surface area contributed by atoms with E-state index in [0.29, 0.717) is 0 Å². The number of aryl methyl sites for hydroxylation is 3. The lowest BCUT2D eigenvalue weighted by molar-refractivity contribution is 0.700. The highest BCUT2D eigenvalue weighted by atomic mass is 32.1. The number of nitrogens with zero attached hydrogens (tertiary/aromatic N) is 2. The molecular formula is C17H17N3S. The molecule has 1 N–H and O–H groups in total. The van der Waals surface area contributed by atoms with Crippen molar-refractivity contribution in [3.63, 3.8) is 0 Å². The lowest BCUT2D eigenvalue weighted by Gasteiger charge is -2.12. The van der Waals surface area contributed by atoms with Gasteiger partial charge in [0, 0.05) is 10.6 Å². The molecule has 2 aromatic heterocycles. The second kappa shape index (κ2) is 5.11. The van der Waals surface area contributed by atoms with Crippen LogP contribution in [0.5, 0.6) is 0 Å². The molecule has 0 spiro atoms. The Balaban J connectivity index is 1.83. The third-order valence-electron chi connectivity index (χ3n) is 4.03. The maximum Gasteiger partial charge on any atom is 0.142 e. The van der Waals surface area contributed by atoms with E-state index in [0.717, 1.165) is 22.8 Å². The number of aromatic nitrogens is 2. The van der Waals surface area contributed by atoms with E-state index in [2.05, 4.69) is 46.5 Å². The number of fused-ring (bicyclic) bond motifs is 3. The first kappa shape index (κ1) is 12.8. The summed E-state index contributed by atoms with van der Waals surface area (Å²) in [5.74, 6) is 0.949. The van der Waals surface area contributed by atoms with Crippen molar-refractivity contribution in [3.05, 3.63) is 46.6 Å². The first-order chi connectivity index (χ1) is 10.3. The van der Waals surface area contributed by atoms with Crippen molar-refractivity contribution in [3.8, 4) is 0 Å². The first-order valence-electron chi connectivity index (χ1n) is 7.40. The molecule has 2 heterocycles. The van der Waals surface area contributed by atoms with Crippen LogP contribution in [0.4, 0.5) is 11.5 Å². The Morgan fingerprint density at radius 3 is 2.95 bits per heavy atom. The van der Waals surface area contributed by atoms with Crippen molar-refractivity contribution >= 4 is 33.1 Å². The molecule has 1 aliphatic carbocycles. The molecule has 3 nitrogen and oxygen atoms in total. The second-order valence-corrected chi connectivity index (χ2v) is 6.69. The molecular weight excluding hydrogens is 278 g/mol. The Hall–Kier alpha value is -1.94. The van der Waals surface area contributed by atoms with E-state index in [1.165, 1.54) is 40.7 Å². The van der Waals surface area contributed by atoms with Crippen LogP contribution in [0.25, 0.3) is 10.2 Å². The molecule has 3 aromatic rings. The van der Waals surface area contributed by atoms with E-state index in [4.69, 9.17) is 0 Å². The summed E-state index contributed by atoms with van der Waals surface area (Å²) in [6.07, 6.45) is 6.60. The number of hydrogen-bond acceptors (Lipinski definition) is 4. The minimum atomic E-state index is 0.949. The molecule has 21 heavy (non-hydrogen) atoms. The standard InChI is InChI=1S/C17H17N3S/c1-11-5-4-6-12(9-11)20-16-15-13-7-2-3-8-14(13)21-17(15)19-10-18-16/h4-6,9-10H,2-3,7-8H2,1H3,(H,18,19,20). The monoisotopic (exact) mass is 295 g/mol. The van der Waals surface area contributed by atoms with Crippen LogP contribution in [0.15, 0.2) is 30.6 Å². The van der Waals surface area contributed by atoms with Gasteiger partial charge in [0.25, 0.3) is 0 Å². The summed E-state index contributed by atoms with van der Waals surface area (Å²) < 4.78 is 0. The lowest BCUT2D eigenvalue weighted by atomic mass is 9.97. The smallest absolute Gasteiger partial charge is 0.142 e. The van der Waals surface area contributed by atoms with Crippen molar-refractivity contribution in [1.29, 1.82) is 0 Å². The van der Waals surface area contributed by atoms with Gasteiger partial charge in [0.15, 0.2) is 0 Å². The van der Waals surface area contributed by atoms with Gasteiger partial charge in [0.05, 0.1) is 5.39 Å². The fraction of sp³-hybridized carbons (Fsp3) is 0.294.